The summed E-state index contributed by atoms with van der Waals surface area (Å²) in [5.74, 6) is -0.0700. The average Bonchev–Trinajstić information content (AvgIpc) is 2.69. The zero-order chi connectivity index (χ0) is 14.9. The predicted molar refractivity (Wildman–Crippen MR) is 81.5 cm³/mol. The van der Waals surface area contributed by atoms with Gasteiger partial charge in [0.1, 0.15) is 0 Å². The molecule has 0 aliphatic rings. The number of aryl methyl sites for hydroxylation is 2. The van der Waals surface area contributed by atoms with E-state index < -0.39 is 0 Å². The Morgan fingerprint density at radius 2 is 2.10 bits per heavy atom. The molecule has 2 aromatic rings. The summed E-state index contributed by atoms with van der Waals surface area (Å²) in [6.45, 7) is 1.97. The average molecular weight is 312 g/mol. The third-order valence-corrected chi connectivity index (χ3v) is 3.92. The van der Waals surface area contributed by atoms with Gasteiger partial charge in [0.25, 0.3) is 0 Å². The zero-order valence-electron chi connectivity index (χ0n) is 11.3. The van der Waals surface area contributed by atoms with Crippen LogP contribution in [0.2, 0.25) is 10.0 Å². The van der Waals surface area contributed by atoms with Crippen molar-refractivity contribution in [2.24, 2.45) is 7.05 Å². The van der Waals surface area contributed by atoms with Crippen LogP contribution in [0.25, 0.3) is 0 Å². The number of halogens is 2. The van der Waals surface area contributed by atoms with Crippen LogP contribution in [0.4, 0.5) is 5.69 Å². The Hall–Kier alpha value is -1.52. The van der Waals surface area contributed by atoms with Gasteiger partial charge in [0.15, 0.2) is 5.78 Å². The normalized spacial score (nSPS) is 10.8. The van der Waals surface area contributed by atoms with Gasteiger partial charge in [-0.2, -0.15) is 5.10 Å². The number of nitrogens with two attached hydrogens (primary N) is 1. The summed E-state index contributed by atoms with van der Waals surface area (Å²) in [7, 11) is 1.78. The molecular weight excluding hydrogens is 297 g/mol. The van der Waals surface area contributed by atoms with Crippen molar-refractivity contribution < 1.29 is 4.79 Å². The molecule has 0 fully saturated rings. The number of anilines is 1. The topological polar surface area (TPSA) is 60.9 Å². The van der Waals surface area contributed by atoms with E-state index in [-0.39, 0.29) is 12.2 Å². The van der Waals surface area contributed by atoms with E-state index >= 15 is 0 Å². The second-order valence-electron chi connectivity index (χ2n) is 4.52. The van der Waals surface area contributed by atoms with Crippen molar-refractivity contribution in [1.82, 2.24) is 9.78 Å². The second-order valence-corrected chi connectivity index (χ2v) is 5.31. The molecule has 0 atom stereocenters. The van der Waals surface area contributed by atoms with Crippen molar-refractivity contribution >= 4 is 34.7 Å². The fourth-order valence-corrected chi connectivity index (χ4v) is 2.51. The van der Waals surface area contributed by atoms with Gasteiger partial charge in [0.2, 0.25) is 0 Å². The Bertz CT molecular complexity index is 665. The number of carbonyl (C=O) groups excluding carboxylic acids is 1. The van der Waals surface area contributed by atoms with Crippen molar-refractivity contribution in [3.05, 3.63) is 45.2 Å². The molecule has 20 heavy (non-hydrogen) atoms. The highest BCUT2D eigenvalue weighted by atomic mass is 35.5. The van der Waals surface area contributed by atoms with Crippen molar-refractivity contribution in [1.29, 1.82) is 0 Å². The molecule has 0 radical (unpaired) electrons. The van der Waals surface area contributed by atoms with Crippen LogP contribution in [0.5, 0.6) is 0 Å². The first kappa shape index (κ1) is 14.9. The van der Waals surface area contributed by atoms with Crippen LogP contribution in [0, 0.1) is 0 Å². The Kier molecular flexibility index (Phi) is 4.35. The first-order valence-electron chi connectivity index (χ1n) is 6.22. The highest BCUT2D eigenvalue weighted by molar-refractivity contribution is 6.33. The van der Waals surface area contributed by atoms with Crippen LogP contribution >= 0.6 is 23.2 Å². The standard InChI is InChI=1S/C14H15Cl2N3O/c1-3-11-14(16)12(19(2)18-11)7-13(20)8-4-5-10(17)9(15)6-8/h4-6H,3,7,17H2,1-2H3. The fourth-order valence-electron chi connectivity index (χ4n) is 1.97. The van der Waals surface area contributed by atoms with Crippen molar-refractivity contribution in [2.45, 2.75) is 19.8 Å². The van der Waals surface area contributed by atoms with Crippen LogP contribution in [0.3, 0.4) is 0 Å². The van der Waals surface area contributed by atoms with Gasteiger partial charge in [-0.1, -0.05) is 30.1 Å². The highest BCUT2D eigenvalue weighted by Gasteiger charge is 2.17. The number of hydrogen-bond donors (Lipinski definition) is 1. The maximum absolute atomic E-state index is 12.3. The van der Waals surface area contributed by atoms with Gasteiger partial charge in [0.05, 0.1) is 33.5 Å². The Labute approximate surface area is 127 Å². The first-order chi connectivity index (χ1) is 9.43. The Balaban J connectivity index is 2.28. The number of nitrogen functional groups attached to an aromatic ring is 1. The third-order valence-electron chi connectivity index (χ3n) is 3.15. The summed E-state index contributed by atoms with van der Waals surface area (Å²) in [4.78, 5) is 12.3. The number of nitrogens with zero attached hydrogens (tertiary/aromatic N) is 2. The smallest absolute Gasteiger partial charge is 0.168 e. The molecule has 0 bridgehead atoms. The fraction of sp³-hybridized carbons (Fsp3) is 0.286. The van der Waals surface area contributed by atoms with E-state index in [1.807, 2.05) is 6.92 Å². The summed E-state index contributed by atoms with van der Waals surface area (Å²) in [6.07, 6.45) is 0.914. The van der Waals surface area contributed by atoms with Gasteiger partial charge in [-0.25, -0.2) is 0 Å². The lowest BCUT2D eigenvalue weighted by molar-refractivity contribution is 0.0991. The molecule has 0 amide bonds. The van der Waals surface area contributed by atoms with Gasteiger partial charge >= 0.3 is 0 Å². The molecular formula is C14H15Cl2N3O. The van der Waals surface area contributed by atoms with Gasteiger partial charge in [-0.3, -0.25) is 9.48 Å². The summed E-state index contributed by atoms with van der Waals surface area (Å²) in [5.41, 5.74) is 8.11. The number of benzene rings is 1. The molecule has 1 aromatic carbocycles. The summed E-state index contributed by atoms with van der Waals surface area (Å²) < 4.78 is 1.65. The molecule has 0 aliphatic carbocycles. The summed E-state index contributed by atoms with van der Waals surface area (Å²) in [5, 5.41) is 5.23. The summed E-state index contributed by atoms with van der Waals surface area (Å²) in [6, 6.07) is 4.86. The van der Waals surface area contributed by atoms with Crippen LogP contribution in [-0.4, -0.2) is 15.6 Å². The molecule has 0 spiro atoms. The monoisotopic (exact) mass is 311 g/mol. The van der Waals surface area contributed by atoms with Crippen LogP contribution in [0.1, 0.15) is 28.7 Å². The van der Waals surface area contributed by atoms with E-state index in [0.717, 1.165) is 12.1 Å². The molecule has 4 nitrogen and oxygen atoms in total. The molecule has 106 valence electrons. The largest absolute Gasteiger partial charge is 0.398 e. The SMILES string of the molecule is CCc1nn(C)c(CC(=O)c2ccc(N)c(Cl)c2)c1Cl. The van der Waals surface area contributed by atoms with E-state index in [4.69, 9.17) is 28.9 Å². The Morgan fingerprint density at radius 1 is 1.40 bits per heavy atom. The van der Waals surface area contributed by atoms with Crippen molar-refractivity contribution in [3.63, 3.8) is 0 Å². The third kappa shape index (κ3) is 2.81. The van der Waals surface area contributed by atoms with E-state index in [0.29, 0.717) is 27.0 Å². The number of ketones is 1. The summed E-state index contributed by atoms with van der Waals surface area (Å²) >= 11 is 12.2. The zero-order valence-corrected chi connectivity index (χ0v) is 12.8. The molecule has 1 aromatic heterocycles. The molecule has 2 N–H and O–H groups in total. The Morgan fingerprint density at radius 3 is 2.65 bits per heavy atom. The van der Waals surface area contributed by atoms with Crippen LogP contribution < -0.4 is 5.73 Å². The van der Waals surface area contributed by atoms with Crippen LogP contribution in [0.15, 0.2) is 18.2 Å². The predicted octanol–water partition coefficient (Wildman–Crippen LogP) is 3.30. The highest BCUT2D eigenvalue weighted by Crippen LogP contribution is 2.24. The van der Waals surface area contributed by atoms with Gasteiger partial charge in [-0.05, 0) is 24.6 Å². The van der Waals surface area contributed by atoms with Gasteiger partial charge in [0, 0.05) is 12.6 Å². The number of rotatable bonds is 4. The van der Waals surface area contributed by atoms with Crippen molar-refractivity contribution in [2.75, 3.05) is 5.73 Å². The van der Waals surface area contributed by atoms with Crippen molar-refractivity contribution in [3.8, 4) is 0 Å². The number of aromatic nitrogens is 2. The minimum atomic E-state index is -0.0700. The lowest BCUT2D eigenvalue weighted by atomic mass is 10.1. The van der Waals surface area contributed by atoms with Gasteiger partial charge < -0.3 is 5.73 Å². The number of Topliss-reactive ketones (excluding diaryl/α,β-unsaturated/α-hetero) is 1. The van der Waals surface area contributed by atoms with E-state index in [1.165, 1.54) is 0 Å². The molecule has 0 saturated heterocycles. The van der Waals surface area contributed by atoms with Gasteiger partial charge in [-0.15, -0.1) is 0 Å². The molecule has 2 rings (SSSR count). The van der Waals surface area contributed by atoms with E-state index in [9.17, 15) is 4.79 Å². The molecule has 1 heterocycles. The quantitative estimate of drug-likeness (QED) is 0.696. The molecule has 0 aliphatic heterocycles. The maximum atomic E-state index is 12.3. The number of carbonyl (C=O) groups is 1. The molecule has 6 heteroatoms. The molecule has 0 saturated carbocycles. The number of hydrogen-bond acceptors (Lipinski definition) is 3. The second kappa shape index (κ2) is 5.85. The minimum absolute atomic E-state index is 0.0700. The molecule has 0 unspecified atom stereocenters. The van der Waals surface area contributed by atoms with Crippen LogP contribution in [-0.2, 0) is 19.9 Å². The lowest BCUT2D eigenvalue weighted by Crippen LogP contribution is -2.08. The lowest BCUT2D eigenvalue weighted by Gasteiger charge is -2.05. The van der Waals surface area contributed by atoms with E-state index in [2.05, 4.69) is 5.10 Å². The first-order valence-corrected chi connectivity index (χ1v) is 6.98. The minimum Gasteiger partial charge on any atom is -0.398 e. The maximum Gasteiger partial charge on any atom is 0.168 e. The van der Waals surface area contributed by atoms with E-state index in [1.54, 1.807) is 29.9 Å².